The highest BCUT2D eigenvalue weighted by Crippen LogP contribution is 2.34. The van der Waals surface area contributed by atoms with E-state index in [1.54, 1.807) is 14.2 Å². The van der Waals surface area contributed by atoms with Gasteiger partial charge in [-0.15, -0.1) is 0 Å². The van der Waals surface area contributed by atoms with Gasteiger partial charge in [-0.05, 0) is 44.9 Å². The van der Waals surface area contributed by atoms with Crippen LogP contribution < -0.4 is 10.4 Å². The molecule has 1 amide bonds. The van der Waals surface area contributed by atoms with Crippen LogP contribution in [0.25, 0.3) is 0 Å². The second-order valence-electron chi connectivity index (χ2n) is 15.3. The van der Waals surface area contributed by atoms with Gasteiger partial charge in [0.15, 0.2) is 12.6 Å². The smallest absolute Gasteiger partial charge is 0.223 e. The predicted molar refractivity (Wildman–Crippen MR) is 181 cm³/mol. The zero-order valence-corrected chi connectivity index (χ0v) is 31.3. The summed E-state index contributed by atoms with van der Waals surface area (Å²) in [5.41, 5.74) is 0. The molecule has 3 heterocycles. The van der Waals surface area contributed by atoms with E-state index < -0.39 is 98.4 Å². The molecule has 2 aliphatic carbocycles. The number of methoxy groups -OCH3 is 2. The zero-order valence-electron chi connectivity index (χ0n) is 31.3. The van der Waals surface area contributed by atoms with Crippen molar-refractivity contribution in [2.75, 3.05) is 34.0 Å². The van der Waals surface area contributed by atoms with Gasteiger partial charge in [-0.2, -0.15) is 0 Å². The summed E-state index contributed by atoms with van der Waals surface area (Å²) in [6, 6.07) is 0. The molecule has 0 aromatic carbocycles. The van der Waals surface area contributed by atoms with Crippen molar-refractivity contribution < 1.29 is 83.2 Å². The van der Waals surface area contributed by atoms with E-state index in [2.05, 4.69) is 5.32 Å². The van der Waals surface area contributed by atoms with Crippen LogP contribution in [-0.2, 0) is 47.5 Å². The van der Waals surface area contributed by atoms with E-state index in [9.17, 15) is 45.3 Å². The van der Waals surface area contributed by atoms with E-state index in [4.69, 9.17) is 37.9 Å². The number of hydrogen-bond donors (Lipinski definition) is 7. The highest BCUT2D eigenvalue weighted by molar-refractivity contribution is 5.78. The fraction of sp³-hybridized carbons (Fsp3) is 0.944. The molecule has 0 aromatic rings. The predicted octanol–water partition coefficient (Wildman–Crippen LogP) is -2.77. The number of rotatable bonds is 15. The van der Waals surface area contributed by atoms with Crippen LogP contribution in [0.2, 0.25) is 0 Å². The van der Waals surface area contributed by atoms with E-state index in [-0.39, 0.29) is 55.9 Å². The van der Waals surface area contributed by atoms with Crippen molar-refractivity contribution >= 4 is 11.9 Å². The molecular weight excluding hydrogens is 718 g/mol. The highest BCUT2D eigenvalue weighted by atomic mass is 16.7. The Morgan fingerprint density at radius 1 is 0.778 bits per heavy atom. The number of aliphatic hydroxyl groups excluding tert-OH is 6. The molecule has 3 saturated heterocycles. The SMILES string of the molecule is COC1CCC(C(=O)NCC2OCCC(OC3OC(CO)C(O)C(OC(CC4CCCCC4)C(=O)[O-])C3O)C2OC2OC(C)C(O)C(O)C2O)CC1OC. The molecule has 17 unspecified atom stereocenters. The fourth-order valence-corrected chi connectivity index (χ4v) is 8.43. The molecule has 312 valence electrons. The highest BCUT2D eigenvalue weighted by Gasteiger charge is 2.51. The lowest BCUT2D eigenvalue weighted by Gasteiger charge is -2.47. The van der Waals surface area contributed by atoms with Crippen LogP contribution >= 0.6 is 0 Å². The monoisotopic (exact) mass is 778 g/mol. The molecule has 0 aromatic heterocycles. The van der Waals surface area contributed by atoms with Crippen molar-refractivity contribution in [1.29, 1.82) is 0 Å². The summed E-state index contributed by atoms with van der Waals surface area (Å²) >= 11 is 0. The van der Waals surface area contributed by atoms with Gasteiger partial charge < -0.3 is 83.8 Å². The van der Waals surface area contributed by atoms with Gasteiger partial charge in [0.25, 0.3) is 0 Å². The first-order valence-corrected chi connectivity index (χ1v) is 19.3. The Labute approximate surface area is 315 Å². The van der Waals surface area contributed by atoms with Crippen LogP contribution in [0.5, 0.6) is 0 Å². The minimum absolute atomic E-state index is 0.0653. The average molecular weight is 779 g/mol. The number of carboxylic acids is 1. The van der Waals surface area contributed by atoms with Gasteiger partial charge in [-0.3, -0.25) is 4.79 Å². The van der Waals surface area contributed by atoms with Gasteiger partial charge >= 0.3 is 0 Å². The molecule has 5 fully saturated rings. The molecule has 54 heavy (non-hydrogen) atoms. The van der Waals surface area contributed by atoms with Gasteiger partial charge in [0.05, 0.1) is 43.1 Å². The first-order valence-electron chi connectivity index (χ1n) is 19.3. The molecule has 18 heteroatoms. The lowest BCUT2D eigenvalue weighted by molar-refractivity contribution is -0.359. The number of carbonyl (C=O) groups is 2. The van der Waals surface area contributed by atoms with E-state index in [1.807, 2.05) is 0 Å². The summed E-state index contributed by atoms with van der Waals surface area (Å²) in [4.78, 5) is 25.6. The molecule has 5 rings (SSSR count). The van der Waals surface area contributed by atoms with E-state index in [0.29, 0.717) is 19.3 Å². The van der Waals surface area contributed by atoms with Crippen LogP contribution in [0, 0.1) is 11.8 Å². The Bertz CT molecular complexity index is 1180. The molecule has 17 atom stereocenters. The second kappa shape index (κ2) is 20.2. The summed E-state index contributed by atoms with van der Waals surface area (Å²) in [7, 11) is 3.17. The van der Waals surface area contributed by atoms with Crippen LogP contribution in [0.1, 0.15) is 71.1 Å². The maximum Gasteiger partial charge on any atom is 0.223 e. The Hall–Kier alpha value is -1.62. The first kappa shape index (κ1) is 43.5. The summed E-state index contributed by atoms with van der Waals surface area (Å²) in [6.07, 6.45) is -13.4. The normalized spacial score (nSPS) is 43.0. The van der Waals surface area contributed by atoms with Crippen LogP contribution in [0.4, 0.5) is 0 Å². The van der Waals surface area contributed by atoms with Crippen LogP contribution in [0.15, 0.2) is 0 Å². The molecule has 5 aliphatic rings. The molecular formula is C36H60NO17-. The number of aliphatic hydroxyl groups is 6. The molecule has 2 saturated carbocycles. The number of nitrogens with one attached hydrogen (secondary N) is 1. The first-order chi connectivity index (χ1) is 25.9. The Balaban J connectivity index is 1.32. The van der Waals surface area contributed by atoms with Crippen molar-refractivity contribution in [3.05, 3.63) is 0 Å². The van der Waals surface area contributed by atoms with Crippen LogP contribution in [0.3, 0.4) is 0 Å². The van der Waals surface area contributed by atoms with Gasteiger partial charge in [-0.25, -0.2) is 0 Å². The average Bonchev–Trinajstić information content (AvgIpc) is 3.17. The van der Waals surface area contributed by atoms with E-state index in [0.717, 1.165) is 32.1 Å². The number of carboxylic acid groups (broad SMARTS) is 1. The summed E-state index contributed by atoms with van der Waals surface area (Å²) in [5, 5.41) is 79.3. The van der Waals surface area contributed by atoms with Crippen molar-refractivity contribution in [2.24, 2.45) is 11.8 Å². The quantitative estimate of drug-likeness (QED) is 0.0888. The van der Waals surface area contributed by atoms with E-state index >= 15 is 0 Å². The lowest BCUT2D eigenvalue weighted by Crippen LogP contribution is -2.64. The summed E-state index contributed by atoms with van der Waals surface area (Å²) < 4.78 is 46.9. The summed E-state index contributed by atoms with van der Waals surface area (Å²) in [5.74, 6) is -2.05. The standard InChI is InChI=1S/C36H61NO17/c1-17-26(39)28(41)29(42)35(50-17)54-31-21(11-12-49-24(31)15-37-33(44)19-9-10-20(47-2)22(14-19)48-3)52-36-30(43)32(27(40)25(16-38)53-36)51-23(34(45)46)13-18-7-5-4-6-8-18/h17-32,35-36,38-43H,4-16H2,1-3H3,(H,37,44)(H,45,46)/p-1. The molecule has 3 aliphatic heterocycles. The Morgan fingerprint density at radius 3 is 2.15 bits per heavy atom. The van der Waals surface area contributed by atoms with Crippen molar-refractivity contribution in [3.8, 4) is 0 Å². The lowest BCUT2D eigenvalue weighted by atomic mass is 9.84. The largest absolute Gasteiger partial charge is 0.547 e. The molecule has 0 radical (unpaired) electrons. The summed E-state index contributed by atoms with van der Waals surface area (Å²) in [6.45, 7) is 0.780. The number of hydrogen-bond acceptors (Lipinski definition) is 17. The second-order valence-corrected chi connectivity index (χ2v) is 15.3. The molecule has 0 spiro atoms. The van der Waals surface area contributed by atoms with Gasteiger partial charge in [0.1, 0.15) is 54.9 Å². The number of amides is 1. The minimum Gasteiger partial charge on any atom is -0.547 e. The van der Waals surface area contributed by atoms with Crippen molar-refractivity contribution in [1.82, 2.24) is 5.32 Å². The fourth-order valence-electron chi connectivity index (χ4n) is 8.43. The third kappa shape index (κ3) is 10.5. The number of carbonyl (C=O) groups excluding carboxylic acids is 2. The third-order valence-electron chi connectivity index (χ3n) is 11.7. The Kier molecular flexibility index (Phi) is 16.3. The number of aliphatic carboxylic acids is 1. The van der Waals surface area contributed by atoms with E-state index in [1.165, 1.54) is 6.92 Å². The Morgan fingerprint density at radius 2 is 1.48 bits per heavy atom. The molecule has 7 N–H and O–H groups in total. The topological polar surface area (TPSA) is 264 Å². The van der Waals surface area contributed by atoms with Gasteiger partial charge in [0, 0.05) is 33.3 Å². The molecule has 18 nitrogen and oxygen atoms in total. The van der Waals surface area contributed by atoms with Crippen LogP contribution in [-0.4, -0.2) is 175 Å². The zero-order chi connectivity index (χ0) is 39.1. The van der Waals surface area contributed by atoms with Gasteiger partial charge in [-0.1, -0.05) is 32.1 Å². The van der Waals surface area contributed by atoms with Gasteiger partial charge in [0.2, 0.25) is 5.91 Å². The molecule has 0 bridgehead atoms. The third-order valence-corrected chi connectivity index (χ3v) is 11.7. The maximum absolute atomic E-state index is 13.4. The van der Waals surface area contributed by atoms with Crippen molar-refractivity contribution in [2.45, 2.75) is 169 Å². The number of ether oxygens (including phenoxy) is 8. The van der Waals surface area contributed by atoms with Crippen molar-refractivity contribution in [3.63, 3.8) is 0 Å². The maximum atomic E-state index is 13.4. The minimum atomic E-state index is -1.75.